The quantitative estimate of drug-likeness (QED) is 0.696. The Morgan fingerprint density at radius 1 is 1.47 bits per heavy atom. The maximum atomic E-state index is 11.7. The normalized spacial score (nSPS) is 21.9. The summed E-state index contributed by atoms with van der Waals surface area (Å²) in [6.45, 7) is 4.59. The van der Waals surface area contributed by atoms with Crippen molar-refractivity contribution in [2.24, 2.45) is 5.92 Å². The first-order valence-corrected chi connectivity index (χ1v) is 6.58. The number of carboxylic acid groups (broad SMARTS) is 1. The number of aliphatic carboxylic acids is 1. The average molecular weight is 241 g/mol. The van der Waals surface area contributed by atoms with Crippen LogP contribution in [0.2, 0.25) is 0 Å². The van der Waals surface area contributed by atoms with E-state index in [0.717, 1.165) is 12.8 Å². The van der Waals surface area contributed by atoms with Gasteiger partial charge in [0.15, 0.2) is 0 Å². The van der Waals surface area contributed by atoms with E-state index >= 15 is 0 Å². The molecule has 4 heteroatoms. The molecule has 98 valence electrons. The Morgan fingerprint density at radius 3 is 2.71 bits per heavy atom. The number of carbonyl (C=O) groups is 2. The van der Waals surface area contributed by atoms with Crippen LogP contribution in [-0.4, -0.2) is 34.5 Å². The van der Waals surface area contributed by atoms with E-state index in [2.05, 4.69) is 6.92 Å². The van der Waals surface area contributed by atoms with Gasteiger partial charge in [-0.25, -0.2) is 0 Å². The van der Waals surface area contributed by atoms with Gasteiger partial charge in [-0.3, -0.25) is 9.59 Å². The summed E-state index contributed by atoms with van der Waals surface area (Å²) in [6, 6.07) is 0.184. The molecule has 1 aliphatic rings. The van der Waals surface area contributed by atoms with Crippen molar-refractivity contribution in [3.05, 3.63) is 0 Å². The van der Waals surface area contributed by atoms with E-state index in [1.54, 1.807) is 4.90 Å². The number of rotatable bonds is 7. The van der Waals surface area contributed by atoms with Crippen molar-refractivity contribution < 1.29 is 14.7 Å². The van der Waals surface area contributed by atoms with Gasteiger partial charge in [0.05, 0.1) is 5.92 Å². The molecule has 0 spiro atoms. The summed E-state index contributed by atoms with van der Waals surface area (Å²) in [7, 11) is 0. The summed E-state index contributed by atoms with van der Waals surface area (Å²) in [5, 5.41) is 8.90. The first-order chi connectivity index (χ1) is 8.06. The van der Waals surface area contributed by atoms with Gasteiger partial charge in [-0.2, -0.15) is 0 Å². The summed E-state index contributed by atoms with van der Waals surface area (Å²) in [6.07, 6.45) is 5.92. The minimum absolute atomic E-state index is 0.000363. The van der Waals surface area contributed by atoms with Gasteiger partial charge in [-0.1, -0.05) is 32.6 Å². The van der Waals surface area contributed by atoms with Crippen molar-refractivity contribution in [1.82, 2.24) is 4.90 Å². The Balaban J connectivity index is 2.34. The lowest BCUT2D eigenvalue weighted by Crippen LogP contribution is -2.34. The molecule has 0 bridgehead atoms. The zero-order chi connectivity index (χ0) is 12.8. The van der Waals surface area contributed by atoms with Gasteiger partial charge in [-0.05, 0) is 13.3 Å². The highest BCUT2D eigenvalue weighted by Gasteiger charge is 2.36. The fourth-order valence-electron chi connectivity index (χ4n) is 2.35. The highest BCUT2D eigenvalue weighted by atomic mass is 16.4. The van der Waals surface area contributed by atoms with Crippen molar-refractivity contribution in [2.45, 2.75) is 58.4 Å². The van der Waals surface area contributed by atoms with Gasteiger partial charge < -0.3 is 10.0 Å². The molecule has 0 radical (unpaired) electrons. The highest BCUT2D eigenvalue weighted by Crippen LogP contribution is 2.22. The zero-order valence-corrected chi connectivity index (χ0v) is 10.8. The van der Waals surface area contributed by atoms with Crippen LogP contribution in [0.3, 0.4) is 0 Å². The summed E-state index contributed by atoms with van der Waals surface area (Å²) in [4.78, 5) is 24.3. The minimum Gasteiger partial charge on any atom is -0.481 e. The molecule has 2 atom stereocenters. The molecule has 1 N–H and O–H groups in total. The van der Waals surface area contributed by atoms with E-state index in [4.69, 9.17) is 5.11 Å². The topological polar surface area (TPSA) is 57.6 Å². The van der Waals surface area contributed by atoms with E-state index in [-0.39, 0.29) is 18.4 Å². The molecular weight excluding hydrogens is 218 g/mol. The van der Waals surface area contributed by atoms with Gasteiger partial charge in [0.25, 0.3) is 0 Å². The Morgan fingerprint density at radius 2 is 2.18 bits per heavy atom. The van der Waals surface area contributed by atoms with E-state index in [9.17, 15) is 9.59 Å². The van der Waals surface area contributed by atoms with Gasteiger partial charge in [0.1, 0.15) is 0 Å². The van der Waals surface area contributed by atoms with Gasteiger partial charge in [-0.15, -0.1) is 0 Å². The first kappa shape index (κ1) is 14.0. The third-order valence-corrected chi connectivity index (χ3v) is 3.52. The second-order valence-electron chi connectivity index (χ2n) is 4.98. The summed E-state index contributed by atoms with van der Waals surface area (Å²) in [5.74, 6) is -1.35. The lowest BCUT2D eigenvalue weighted by molar-refractivity contribution is -0.141. The van der Waals surface area contributed by atoms with Crippen LogP contribution in [0.5, 0.6) is 0 Å². The largest absolute Gasteiger partial charge is 0.481 e. The molecule has 17 heavy (non-hydrogen) atoms. The average Bonchev–Trinajstić information content (AvgIpc) is 2.67. The molecule has 1 fully saturated rings. The molecule has 0 aromatic heterocycles. The number of hydrogen-bond acceptors (Lipinski definition) is 2. The number of carboxylic acids is 1. The first-order valence-electron chi connectivity index (χ1n) is 6.58. The van der Waals surface area contributed by atoms with E-state index in [1.807, 2.05) is 6.92 Å². The summed E-state index contributed by atoms with van der Waals surface area (Å²) >= 11 is 0. The van der Waals surface area contributed by atoms with Crippen molar-refractivity contribution in [2.75, 3.05) is 6.54 Å². The third kappa shape index (κ3) is 4.02. The summed E-state index contributed by atoms with van der Waals surface area (Å²) < 4.78 is 0. The van der Waals surface area contributed by atoms with Crippen LogP contribution in [0, 0.1) is 5.92 Å². The second-order valence-corrected chi connectivity index (χ2v) is 4.98. The summed E-state index contributed by atoms with van der Waals surface area (Å²) in [5.41, 5.74) is 0. The van der Waals surface area contributed by atoms with Gasteiger partial charge >= 0.3 is 5.97 Å². The molecule has 1 saturated heterocycles. The molecule has 1 amide bonds. The fourth-order valence-corrected chi connectivity index (χ4v) is 2.35. The SMILES string of the molecule is CCCCCC[C@@H](C)N1C[C@@H](C(=O)O)CC1=O. The number of likely N-dealkylation sites (tertiary alicyclic amines) is 1. The molecule has 0 aromatic rings. The number of carbonyl (C=O) groups excluding carboxylic acids is 1. The van der Waals surface area contributed by atoms with Crippen molar-refractivity contribution >= 4 is 11.9 Å². The van der Waals surface area contributed by atoms with Crippen LogP contribution in [0.4, 0.5) is 0 Å². The predicted molar refractivity (Wildman–Crippen MR) is 65.7 cm³/mol. The number of hydrogen-bond donors (Lipinski definition) is 1. The fraction of sp³-hybridized carbons (Fsp3) is 0.846. The van der Waals surface area contributed by atoms with Crippen molar-refractivity contribution in [1.29, 1.82) is 0 Å². The Kier molecular flexibility index (Phi) is 5.45. The van der Waals surface area contributed by atoms with Crippen LogP contribution in [0.1, 0.15) is 52.4 Å². The van der Waals surface area contributed by atoms with Crippen LogP contribution < -0.4 is 0 Å². The maximum Gasteiger partial charge on any atom is 0.308 e. The molecule has 0 aromatic carbocycles. The molecule has 1 rings (SSSR count). The second kappa shape index (κ2) is 6.62. The molecule has 1 heterocycles. The third-order valence-electron chi connectivity index (χ3n) is 3.52. The Hall–Kier alpha value is -1.06. The van der Waals surface area contributed by atoms with Gasteiger partial charge in [0, 0.05) is 19.0 Å². The van der Waals surface area contributed by atoms with Crippen LogP contribution in [-0.2, 0) is 9.59 Å². The standard InChI is InChI=1S/C13H23NO3/c1-3-4-5-6-7-10(2)14-9-11(13(16)17)8-12(14)15/h10-11H,3-9H2,1-2H3,(H,16,17)/t10-,11+/m1/s1. The lowest BCUT2D eigenvalue weighted by atomic mass is 10.1. The molecule has 4 nitrogen and oxygen atoms in total. The van der Waals surface area contributed by atoms with E-state index < -0.39 is 11.9 Å². The predicted octanol–water partition coefficient (Wildman–Crippen LogP) is 2.28. The van der Waals surface area contributed by atoms with Crippen molar-refractivity contribution in [3.8, 4) is 0 Å². The molecule has 1 aliphatic heterocycles. The number of amides is 1. The molecule has 0 saturated carbocycles. The molecule has 0 aliphatic carbocycles. The Bertz CT molecular complexity index is 278. The zero-order valence-electron chi connectivity index (χ0n) is 10.8. The van der Waals surface area contributed by atoms with E-state index in [1.165, 1.54) is 19.3 Å². The maximum absolute atomic E-state index is 11.7. The lowest BCUT2D eigenvalue weighted by Gasteiger charge is -2.24. The van der Waals surface area contributed by atoms with Crippen LogP contribution >= 0.6 is 0 Å². The smallest absolute Gasteiger partial charge is 0.308 e. The van der Waals surface area contributed by atoms with E-state index in [0.29, 0.717) is 6.54 Å². The molecule has 0 unspecified atom stereocenters. The number of nitrogens with zero attached hydrogens (tertiary/aromatic N) is 1. The van der Waals surface area contributed by atoms with Crippen molar-refractivity contribution in [3.63, 3.8) is 0 Å². The highest BCUT2D eigenvalue weighted by molar-refractivity contribution is 5.86. The number of unbranched alkanes of at least 4 members (excludes halogenated alkanes) is 3. The minimum atomic E-state index is -0.848. The van der Waals surface area contributed by atoms with Crippen LogP contribution in [0.25, 0.3) is 0 Å². The van der Waals surface area contributed by atoms with Gasteiger partial charge in [0.2, 0.25) is 5.91 Å². The van der Waals surface area contributed by atoms with Crippen LogP contribution in [0.15, 0.2) is 0 Å². The monoisotopic (exact) mass is 241 g/mol. The Labute approximate surface area is 103 Å². The molecular formula is C13H23NO3.